The summed E-state index contributed by atoms with van der Waals surface area (Å²) in [6, 6.07) is 3.34. The zero-order chi connectivity index (χ0) is 13.4. The van der Waals surface area contributed by atoms with E-state index in [9.17, 15) is 4.79 Å². The number of carbonyl (C=O) groups excluding carboxylic acids is 1. The molecule has 0 saturated carbocycles. The first kappa shape index (κ1) is 14.6. The smallest absolute Gasteiger partial charge is 0.269 e. The number of thiocarbonyl (C=S) groups is 1. The number of nitrogens with zero attached hydrogens (tertiary/aromatic N) is 1. The summed E-state index contributed by atoms with van der Waals surface area (Å²) in [5, 5.41) is 2.84. The summed E-state index contributed by atoms with van der Waals surface area (Å²) in [5.74, 6) is -0.152. The lowest BCUT2D eigenvalue weighted by Gasteiger charge is -2.05. The molecule has 3 N–H and O–H groups in total. The second-order valence-corrected chi connectivity index (χ2v) is 4.55. The molecule has 0 fully saturated rings. The monoisotopic (exact) mass is 265 g/mol. The lowest BCUT2D eigenvalue weighted by Crippen LogP contribution is -2.25. The van der Waals surface area contributed by atoms with E-state index in [0.717, 1.165) is 12.8 Å². The Morgan fingerprint density at radius 2 is 2.17 bits per heavy atom. The van der Waals surface area contributed by atoms with Crippen LogP contribution >= 0.6 is 12.2 Å². The molecule has 1 heterocycles. The van der Waals surface area contributed by atoms with Crippen LogP contribution in [0.5, 0.6) is 0 Å². The van der Waals surface area contributed by atoms with Crippen LogP contribution in [0.1, 0.15) is 48.7 Å². The highest BCUT2D eigenvalue weighted by Gasteiger charge is 2.06. The molecule has 0 radical (unpaired) electrons. The van der Waals surface area contributed by atoms with E-state index in [2.05, 4.69) is 17.2 Å². The van der Waals surface area contributed by atoms with Crippen LogP contribution in [-0.2, 0) is 0 Å². The average molecular weight is 265 g/mol. The molecule has 0 saturated heterocycles. The number of nitrogens with one attached hydrogen (secondary N) is 1. The van der Waals surface area contributed by atoms with Crippen molar-refractivity contribution in [1.82, 2.24) is 10.3 Å². The van der Waals surface area contributed by atoms with E-state index in [4.69, 9.17) is 18.0 Å². The summed E-state index contributed by atoms with van der Waals surface area (Å²) in [6.45, 7) is 2.85. The van der Waals surface area contributed by atoms with Crippen LogP contribution in [0.2, 0.25) is 0 Å². The van der Waals surface area contributed by atoms with E-state index in [0.29, 0.717) is 17.8 Å². The molecule has 0 aromatic carbocycles. The van der Waals surface area contributed by atoms with Crippen molar-refractivity contribution in [3.05, 3.63) is 29.6 Å². The second-order valence-electron chi connectivity index (χ2n) is 4.11. The Bertz CT molecular complexity index is 403. The SMILES string of the molecule is CCCCCCNC(=O)c1ccc(C(N)=S)cn1. The fraction of sp³-hybridized carbons (Fsp3) is 0.462. The minimum absolute atomic E-state index is 0.152. The maximum absolute atomic E-state index is 11.7. The Hall–Kier alpha value is -1.49. The molecular formula is C13H19N3OS. The molecule has 5 heteroatoms. The van der Waals surface area contributed by atoms with Crippen molar-refractivity contribution in [3.8, 4) is 0 Å². The summed E-state index contributed by atoms with van der Waals surface area (Å²) in [7, 11) is 0. The van der Waals surface area contributed by atoms with Gasteiger partial charge in [0, 0.05) is 18.3 Å². The highest BCUT2D eigenvalue weighted by atomic mass is 32.1. The Balaban J connectivity index is 2.39. The molecular weight excluding hydrogens is 246 g/mol. The summed E-state index contributed by atoms with van der Waals surface area (Å²) < 4.78 is 0. The Kier molecular flexibility index (Phi) is 6.28. The first-order valence-electron chi connectivity index (χ1n) is 6.19. The van der Waals surface area contributed by atoms with E-state index >= 15 is 0 Å². The second kappa shape index (κ2) is 7.76. The molecule has 1 aromatic rings. The van der Waals surface area contributed by atoms with Gasteiger partial charge in [0.2, 0.25) is 0 Å². The van der Waals surface area contributed by atoms with Gasteiger partial charge in [-0.25, -0.2) is 0 Å². The number of nitrogens with two attached hydrogens (primary N) is 1. The van der Waals surface area contributed by atoms with Gasteiger partial charge >= 0.3 is 0 Å². The van der Waals surface area contributed by atoms with E-state index < -0.39 is 0 Å². The summed E-state index contributed by atoms with van der Waals surface area (Å²) in [6.07, 6.45) is 6.07. The van der Waals surface area contributed by atoms with E-state index in [1.807, 2.05) is 0 Å². The van der Waals surface area contributed by atoms with Crippen molar-refractivity contribution < 1.29 is 4.79 Å². The highest BCUT2D eigenvalue weighted by Crippen LogP contribution is 2.01. The minimum atomic E-state index is -0.152. The van der Waals surface area contributed by atoms with Crippen molar-refractivity contribution in [1.29, 1.82) is 0 Å². The number of hydrogen-bond acceptors (Lipinski definition) is 3. The van der Waals surface area contributed by atoms with Crippen LogP contribution in [0, 0.1) is 0 Å². The number of aromatic nitrogens is 1. The summed E-state index contributed by atoms with van der Waals surface area (Å²) >= 11 is 4.82. The Morgan fingerprint density at radius 1 is 1.39 bits per heavy atom. The van der Waals surface area contributed by atoms with Crippen LogP contribution in [0.25, 0.3) is 0 Å². The van der Waals surface area contributed by atoms with Gasteiger partial charge in [-0.05, 0) is 18.6 Å². The fourth-order valence-electron chi connectivity index (χ4n) is 1.52. The predicted molar refractivity (Wildman–Crippen MR) is 76.6 cm³/mol. The molecule has 0 spiro atoms. The third kappa shape index (κ3) is 4.79. The molecule has 0 bridgehead atoms. The molecule has 1 amide bonds. The highest BCUT2D eigenvalue weighted by molar-refractivity contribution is 7.80. The molecule has 98 valence electrons. The standard InChI is InChI=1S/C13H19N3OS/c1-2-3-4-5-8-15-13(17)11-7-6-10(9-16-11)12(14)18/h6-7,9H,2-5,8H2,1H3,(H2,14,18)(H,15,17). The van der Waals surface area contributed by atoms with Crippen LogP contribution in [0.4, 0.5) is 0 Å². The zero-order valence-corrected chi connectivity index (χ0v) is 11.4. The molecule has 4 nitrogen and oxygen atoms in total. The van der Waals surface area contributed by atoms with Gasteiger partial charge in [0.15, 0.2) is 0 Å². The molecule has 1 rings (SSSR count). The maximum Gasteiger partial charge on any atom is 0.269 e. The Morgan fingerprint density at radius 3 is 2.72 bits per heavy atom. The van der Waals surface area contributed by atoms with E-state index in [1.54, 1.807) is 12.1 Å². The topological polar surface area (TPSA) is 68.0 Å². The Labute approximate surface area is 113 Å². The predicted octanol–water partition coefficient (Wildman–Crippen LogP) is 2.03. The van der Waals surface area contributed by atoms with Crippen molar-refractivity contribution in [2.45, 2.75) is 32.6 Å². The maximum atomic E-state index is 11.7. The first-order valence-corrected chi connectivity index (χ1v) is 6.60. The number of hydrogen-bond donors (Lipinski definition) is 2. The first-order chi connectivity index (χ1) is 8.65. The lowest BCUT2D eigenvalue weighted by atomic mass is 10.2. The van der Waals surface area contributed by atoms with Gasteiger partial charge in [-0.15, -0.1) is 0 Å². The zero-order valence-electron chi connectivity index (χ0n) is 10.6. The van der Waals surface area contributed by atoms with Crippen LogP contribution < -0.4 is 11.1 Å². The number of carbonyl (C=O) groups is 1. The fourth-order valence-corrected chi connectivity index (χ4v) is 1.64. The molecule has 0 aliphatic heterocycles. The normalized spacial score (nSPS) is 10.1. The third-order valence-electron chi connectivity index (χ3n) is 2.60. The number of amides is 1. The molecule has 18 heavy (non-hydrogen) atoms. The summed E-state index contributed by atoms with van der Waals surface area (Å²) in [5.41, 5.74) is 6.52. The van der Waals surface area contributed by atoms with Crippen molar-refractivity contribution in [2.75, 3.05) is 6.54 Å². The van der Waals surface area contributed by atoms with Crippen LogP contribution in [0.3, 0.4) is 0 Å². The van der Waals surface area contributed by atoms with E-state index in [-0.39, 0.29) is 10.9 Å². The van der Waals surface area contributed by atoms with E-state index in [1.165, 1.54) is 19.0 Å². The quantitative estimate of drug-likeness (QED) is 0.584. The van der Waals surface area contributed by atoms with Gasteiger partial charge in [-0.2, -0.15) is 0 Å². The number of pyridine rings is 1. The van der Waals surface area contributed by atoms with Gasteiger partial charge < -0.3 is 11.1 Å². The van der Waals surface area contributed by atoms with Crippen molar-refractivity contribution >= 4 is 23.1 Å². The van der Waals surface area contributed by atoms with Crippen LogP contribution in [0.15, 0.2) is 18.3 Å². The van der Waals surface area contributed by atoms with Gasteiger partial charge in [-0.3, -0.25) is 9.78 Å². The minimum Gasteiger partial charge on any atom is -0.389 e. The molecule has 0 unspecified atom stereocenters. The van der Waals surface area contributed by atoms with Crippen molar-refractivity contribution in [2.24, 2.45) is 5.73 Å². The third-order valence-corrected chi connectivity index (χ3v) is 2.83. The number of rotatable bonds is 7. The molecule has 0 aliphatic carbocycles. The lowest BCUT2D eigenvalue weighted by molar-refractivity contribution is 0.0948. The summed E-state index contributed by atoms with van der Waals surface area (Å²) in [4.78, 5) is 16.0. The van der Waals surface area contributed by atoms with Gasteiger partial charge in [0.1, 0.15) is 10.7 Å². The molecule has 1 aromatic heterocycles. The molecule has 0 aliphatic rings. The largest absolute Gasteiger partial charge is 0.389 e. The van der Waals surface area contributed by atoms with Gasteiger partial charge in [0.05, 0.1) is 0 Å². The van der Waals surface area contributed by atoms with Crippen molar-refractivity contribution in [3.63, 3.8) is 0 Å². The average Bonchev–Trinajstić information content (AvgIpc) is 2.38. The van der Waals surface area contributed by atoms with Crippen LogP contribution in [-0.4, -0.2) is 22.4 Å². The molecule has 0 atom stereocenters. The number of unbranched alkanes of at least 4 members (excludes halogenated alkanes) is 3. The van der Waals surface area contributed by atoms with Gasteiger partial charge in [0.25, 0.3) is 5.91 Å². The van der Waals surface area contributed by atoms with Gasteiger partial charge in [-0.1, -0.05) is 38.4 Å².